The van der Waals surface area contributed by atoms with E-state index in [1.165, 1.54) is 0 Å². The van der Waals surface area contributed by atoms with E-state index >= 15 is 0 Å². The minimum Gasteiger partial charge on any atom is -1.00 e. The van der Waals surface area contributed by atoms with Crippen molar-refractivity contribution >= 4 is 6.16 Å². The van der Waals surface area contributed by atoms with Crippen molar-refractivity contribution in [3.05, 3.63) is 0 Å². The number of rotatable bonds is 6. The van der Waals surface area contributed by atoms with Gasteiger partial charge in [0.1, 0.15) is 0 Å². The Morgan fingerprint density at radius 2 is 1.05 bits per heavy atom. The molecule has 0 unspecified atom stereocenters. The van der Waals surface area contributed by atoms with Crippen molar-refractivity contribution in [2.24, 2.45) is 0 Å². The summed E-state index contributed by atoms with van der Waals surface area (Å²) in [5.74, 6) is 0. The molecule has 0 amide bonds. The summed E-state index contributed by atoms with van der Waals surface area (Å²) < 4.78 is 0. The molecule has 102 valence electrons. The third kappa shape index (κ3) is 51.8. The second kappa shape index (κ2) is 38.4. The molecule has 0 aromatic carbocycles. The van der Waals surface area contributed by atoms with Gasteiger partial charge in [-0.05, 0) is 0 Å². The molecule has 4 N–H and O–H groups in total. The van der Waals surface area contributed by atoms with Crippen molar-refractivity contribution in [1.82, 2.24) is 4.90 Å². The van der Waals surface area contributed by atoms with Crippen LogP contribution in [0.1, 0.15) is 0 Å². The van der Waals surface area contributed by atoms with E-state index in [1.54, 1.807) is 4.90 Å². The van der Waals surface area contributed by atoms with Crippen molar-refractivity contribution in [2.75, 3.05) is 39.5 Å². The second-order valence-electron chi connectivity index (χ2n) is 2.28. The van der Waals surface area contributed by atoms with Crippen LogP contribution in [0.25, 0.3) is 0 Å². The fraction of sp³-hybridized carbons (Fsp3) is 0.857. The molecule has 0 aromatic rings. The van der Waals surface area contributed by atoms with Crippen LogP contribution >= 0.6 is 0 Å². The summed E-state index contributed by atoms with van der Waals surface area (Å²) >= 11 is 0. The molecule has 0 spiro atoms. The van der Waals surface area contributed by atoms with Gasteiger partial charge >= 0.3 is 154 Å². The van der Waals surface area contributed by atoms with Crippen LogP contribution in [0.3, 0.4) is 0 Å². The fourth-order valence-corrected chi connectivity index (χ4v) is 0.760. The third-order valence-corrected chi connectivity index (χ3v) is 1.25. The topological polar surface area (TPSA) is 124 Å². The van der Waals surface area contributed by atoms with Crippen LogP contribution in [-0.4, -0.2) is 70.9 Å². The van der Waals surface area contributed by atoms with Gasteiger partial charge in [0.2, 0.25) is 6.16 Å². The summed E-state index contributed by atoms with van der Waals surface area (Å²) in [5.41, 5.74) is 0. The molecule has 19 heavy (non-hydrogen) atoms. The van der Waals surface area contributed by atoms with Crippen LogP contribution in [0.2, 0.25) is 0 Å². The molecule has 0 bridgehead atoms. The Labute approximate surface area is 257 Å². The van der Waals surface area contributed by atoms with Gasteiger partial charge in [-0.1, -0.05) is 0 Å². The third-order valence-electron chi connectivity index (χ3n) is 1.25. The molecular formula is C7H16BrClK3NO6. The molecule has 0 saturated carbocycles. The molecule has 7 nitrogen and oxygen atoms in total. The Morgan fingerprint density at radius 1 is 0.895 bits per heavy atom. The number of nitrogens with zero attached hydrogens (tertiary/aromatic N) is 1. The van der Waals surface area contributed by atoms with Gasteiger partial charge in [0.15, 0.2) is 0 Å². The molecule has 0 fully saturated rings. The summed E-state index contributed by atoms with van der Waals surface area (Å²) in [7, 11) is 0. The molecule has 0 aliphatic heterocycles. The first-order valence-electron chi connectivity index (χ1n) is 4.03. The molecular weight excluding hydrogens is 427 g/mol. The molecule has 0 aromatic heterocycles. The number of aliphatic hydroxyl groups excluding tert-OH is 3. The maximum Gasteiger partial charge on any atom is 1.00 e. The SMILES string of the molecule is O=C([O-])O.OCCN(CCO)CCO.[Br-].[Cl-].[K+].[K+].[K+]. The van der Waals surface area contributed by atoms with E-state index in [0.717, 1.165) is 0 Å². The summed E-state index contributed by atoms with van der Waals surface area (Å²) in [6.45, 7) is 1.75. The van der Waals surface area contributed by atoms with Gasteiger partial charge in [-0.3, -0.25) is 4.90 Å². The predicted octanol–water partition coefficient (Wildman–Crippen LogP) is -17.8. The summed E-state index contributed by atoms with van der Waals surface area (Å²) in [6.07, 6.45) is -2.08. The molecule has 0 aliphatic rings. The normalized spacial score (nSPS) is 6.95. The number of hydrogen-bond donors (Lipinski definition) is 4. The summed E-state index contributed by atoms with van der Waals surface area (Å²) in [4.78, 5) is 10.2. The van der Waals surface area contributed by atoms with E-state index in [9.17, 15) is 0 Å². The van der Waals surface area contributed by atoms with Crippen LogP contribution in [0, 0.1) is 0 Å². The van der Waals surface area contributed by atoms with Crippen LogP contribution < -0.4 is 189 Å². The minimum atomic E-state index is -2.08. The average molecular weight is 443 g/mol. The molecule has 0 heterocycles. The van der Waals surface area contributed by atoms with Crippen molar-refractivity contribution < 1.29 is 214 Å². The fourth-order valence-electron chi connectivity index (χ4n) is 0.760. The standard InChI is InChI=1S/C6H15NO3.CH2O3.BrH.ClH.3K/c8-4-1-7(2-5-9)3-6-10;2-1(3)4;;;;;/h8-10H,1-6H2;(H2,2,3,4);2*1H;;;/q;;;;3*+1/p-3. The largest absolute Gasteiger partial charge is 1.00 e. The second-order valence-corrected chi connectivity index (χ2v) is 2.28. The first-order valence-corrected chi connectivity index (χ1v) is 4.03. The molecule has 0 radical (unpaired) electrons. The van der Waals surface area contributed by atoms with Crippen LogP contribution in [0.5, 0.6) is 0 Å². The zero-order chi connectivity index (χ0) is 11.4. The molecule has 0 aliphatic carbocycles. The Kier molecular flexibility index (Phi) is 88.5. The first kappa shape index (κ1) is 43.8. The van der Waals surface area contributed by atoms with E-state index in [0.29, 0.717) is 19.6 Å². The van der Waals surface area contributed by atoms with E-state index in [1.807, 2.05) is 0 Å². The van der Waals surface area contributed by atoms with Crippen molar-refractivity contribution in [3.8, 4) is 0 Å². The van der Waals surface area contributed by atoms with Gasteiger partial charge in [0, 0.05) is 19.6 Å². The molecule has 0 rings (SSSR count). The molecule has 0 atom stereocenters. The van der Waals surface area contributed by atoms with Crippen LogP contribution in [-0.2, 0) is 0 Å². The minimum absolute atomic E-state index is 0. The van der Waals surface area contributed by atoms with Gasteiger partial charge in [-0.2, -0.15) is 0 Å². The number of hydrogen-bond acceptors (Lipinski definition) is 6. The zero-order valence-corrected chi connectivity index (χ0v) is 23.3. The first-order chi connectivity index (χ1) is 6.58. The van der Waals surface area contributed by atoms with Gasteiger partial charge < -0.3 is 59.7 Å². The number of aliphatic hydroxyl groups is 3. The van der Waals surface area contributed by atoms with Crippen molar-refractivity contribution in [1.29, 1.82) is 0 Å². The van der Waals surface area contributed by atoms with Gasteiger partial charge in [-0.15, -0.1) is 0 Å². The number of carbonyl (C=O) groups is 1. The maximum atomic E-state index is 8.48. The molecule has 0 saturated heterocycles. The Hall–Kier alpha value is 4.79. The van der Waals surface area contributed by atoms with E-state index in [2.05, 4.69) is 0 Å². The summed E-state index contributed by atoms with van der Waals surface area (Å²) in [6, 6.07) is 0. The number of halogens is 2. The van der Waals surface area contributed by atoms with E-state index in [4.69, 9.17) is 30.3 Å². The monoisotopic (exact) mass is 441 g/mol. The Bertz CT molecular complexity index is 136. The van der Waals surface area contributed by atoms with E-state index in [-0.39, 0.29) is 203 Å². The smallest absolute Gasteiger partial charge is 1.00 e. The van der Waals surface area contributed by atoms with Crippen molar-refractivity contribution in [3.63, 3.8) is 0 Å². The van der Waals surface area contributed by atoms with Crippen molar-refractivity contribution in [2.45, 2.75) is 0 Å². The summed E-state index contributed by atoms with van der Waals surface area (Å²) in [5, 5.41) is 40.8. The zero-order valence-electron chi connectivity index (χ0n) is 11.6. The van der Waals surface area contributed by atoms with Gasteiger partial charge in [0.05, 0.1) is 19.8 Å². The maximum absolute atomic E-state index is 8.48. The van der Waals surface area contributed by atoms with Crippen LogP contribution in [0.4, 0.5) is 4.79 Å². The van der Waals surface area contributed by atoms with Crippen LogP contribution in [0.15, 0.2) is 0 Å². The van der Waals surface area contributed by atoms with Gasteiger partial charge in [0.25, 0.3) is 0 Å². The Balaban J connectivity index is -0.0000000288. The predicted molar refractivity (Wildman–Crippen MR) is 45.7 cm³/mol. The molecule has 12 heteroatoms. The average Bonchev–Trinajstić information content (AvgIpc) is 2.04. The van der Waals surface area contributed by atoms with E-state index < -0.39 is 6.16 Å². The quantitative estimate of drug-likeness (QED) is 0.301. The Morgan fingerprint density at radius 3 is 1.16 bits per heavy atom. The number of carboxylic acid groups (broad SMARTS) is 2. The van der Waals surface area contributed by atoms with Gasteiger partial charge in [-0.25, -0.2) is 0 Å².